The molecule has 1 atom stereocenters. The van der Waals surface area contributed by atoms with Crippen LogP contribution >= 0.6 is 0 Å². The zero-order valence-electron chi connectivity index (χ0n) is 7.75. The molecule has 3 nitrogen and oxygen atoms in total. The normalized spacial score (nSPS) is 19.5. The van der Waals surface area contributed by atoms with Gasteiger partial charge >= 0.3 is 0 Å². The SMILES string of the molecule is COCC(NCCCO)C1CC1. The molecule has 0 aromatic carbocycles. The molecule has 72 valence electrons. The monoisotopic (exact) mass is 173 g/mol. The zero-order chi connectivity index (χ0) is 8.81. The lowest BCUT2D eigenvalue weighted by atomic mass is 10.2. The molecule has 0 spiro atoms. The number of ether oxygens (including phenoxy) is 1. The summed E-state index contributed by atoms with van der Waals surface area (Å²) in [5.41, 5.74) is 0. The number of aliphatic hydroxyl groups excluding tert-OH is 1. The van der Waals surface area contributed by atoms with Crippen molar-refractivity contribution in [3.8, 4) is 0 Å². The van der Waals surface area contributed by atoms with Crippen molar-refractivity contribution in [3.05, 3.63) is 0 Å². The average molecular weight is 173 g/mol. The van der Waals surface area contributed by atoms with Crippen LogP contribution in [0.1, 0.15) is 19.3 Å². The summed E-state index contributed by atoms with van der Waals surface area (Å²) in [6, 6.07) is 0.515. The minimum absolute atomic E-state index is 0.275. The van der Waals surface area contributed by atoms with E-state index in [0.29, 0.717) is 6.04 Å². The van der Waals surface area contributed by atoms with Gasteiger partial charge in [-0.2, -0.15) is 0 Å². The van der Waals surface area contributed by atoms with Gasteiger partial charge in [-0.3, -0.25) is 0 Å². The van der Waals surface area contributed by atoms with E-state index in [1.807, 2.05) is 0 Å². The highest BCUT2D eigenvalue weighted by Gasteiger charge is 2.30. The second-order valence-electron chi connectivity index (χ2n) is 3.43. The highest BCUT2D eigenvalue weighted by atomic mass is 16.5. The van der Waals surface area contributed by atoms with Crippen molar-refractivity contribution in [1.82, 2.24) is 5.32 Å². The second-order valence-corrected chi connectivity index (χ2v) is 3.43. The van der Waals surface area contributed by atoms with Gasteiger partial charge in [0.15, 0.2) is 0 Å². The molecule has 0 radical (unpaired) electrons. The van der Waals surface area contributed by atoms with Crippen molar-refractivity contribution >= 4 is 0 Å². The van der Waals surface area contributed by atoms with E-state index in [4.69, 9.17) is 9.84 Å². The minimum atomic E-state index is 0.275. The number of hydrogen-bond donors (Lipinski definition) is 2. The summed E-state index contributed by atoms with van der Waals surface area (Å²) >= 11 is 0. The fourth-order valence-electron chi connectivity index (χ4n) is 1.41. The van der Waals surface area contributed by atoms with Crippen molar-refractivity contribution in [2.24, 2.45) is 5.92 Å². The van der Waals surface area contributed by atoms with Gasteiger partial charge in [0.25, 0.3) is 0 Å². The van der Waals surface area contributed by atoms with Crippen LogP contribution in [-0.2, 0) is 4.74 Å². The van der Waals surface area contributed by atoms with E-state index < -0.39 is 0 Å². The largest absolute Gasteiger partial charge is 0.396 e. The molecular weight excluding hydrogens is 154 g/mol. The van der Waals surface area contributed by atoms with E-state index in [-0.39, 0.29) is 6.61 Å². The molecule has 12 heavy (non-hydrogen) atoms. The Labute approximate surface area is 74.1 Å². The molecule has 1 saturated carbocycles. The van der Waals surface area contributed by atoms with Crippen molar-refractivity contribution in [2.45, 2.75) is 25.3 Å². The lowest BCUT2D eigenvalue weighted by Gasteiger charge is -2.16. The van der Waals surface area contributed by atoms with E-state index >= 15 is 0 Å². The van der Waals surface area contributed by atoms with Gasteiger partial charge in [0.2, 0.25) is 0 Å². The van der Waals surface area contributed by atoms with Gasteiger partial charge in [0.1, 0.15) is 0 Å². The third kappa shape index (κ3) is 3.52. The van der Waals surface area contributed by atoms with Crippen LogP contribution in [0.4, 0.5) is 0 Å². The number of nitrogens with one attached hydrogen (secondary N) is 1. The molecule has 0 bridgehead atoms. The predicted octanol–water partition coefficient (Wildman–Crippen LogP) is 0.383. The summed E-state index contributed by atoms with van der Waals surface area (Å²) in [4.78, 5) is 0. The summed E-state index contributed by atoms with van der Waals surface area (Å²) in [5, 5.41) is 12.0. The van der Waals surface area contributed by atoms with Crippen LogP contribution in [0.15, 0.2) is 0 Å². The molecular formula is C9H19NO2. The Kier molecular flexibility index (Phi) is 4.58. The highest BCUT2D eigenvalue weighted by Crippen LogP contribution is 2.32. The summed E-state index contributed by atoms with van der Waals surface area (Å²) in [7, 11) is 1.74. The molecule has 3 heteroatoms. The molecule has 1 fully saturated rings. The van der Waals surface area contributed by atoms with Gasteiger partial charge in [-0.1, -0.05) is 0 Å². The number of rotatable bonds is 7. The van der Waals surface area contributed by atoms with Gasteiger partial charge in [0, 0.05) is 19.8 Å². The standard InChI is InChI=1S/C9H19NO2/c1-12-7-9(8-3-4-8)10-5-2-6-11/h8-11H,2-7H2,1H3. The lowest BCUT2D eigenvalue weighted by Crippen LogP contribution is -2.36. The Morgan fingerprint density at radius 1 is 1.58 bits per heavy atom. The van der Waals surface area contributed by atoms with Crippen LogP contribution in [0.2, 0.25) is 0 Å². The Morgan fingerprint density at radius 2 is 2.33 bits per heavy atom. The van der Waals surface area contributed by atoms with Gasteiger partial charge in [-0.25, -0.2) is 0 Å². The van der Waals surface area contributed by atoms with Crippen LogP contribution in [0.25, 0.3) is 0 Å². The summed E-state index contributed by atoms with van der Waals surface area (Å²) < 4.78 is 5.11. The van der Waals surface area contributed by atoms with Crippen molar-refractivity contribution in [3.63, 3.8) is 0 Å². The van der Waals surface area contributed by atoms with Crippen LogP contribution in [-0.4, -0.2) is 38.0 Å². The molecule has 0 aromatic heterocycles. The molecule has 0 aliphatic heterocycles. The first-order chi connectivity index (χ1) is 5.88. The van der Waals surface area contributed by atoms with Gasteiger partial charge in [0.05, 0.1) is 6.61 Å². The Bertz CT molecular complexity index is 115. The van der Waals surface area contributed by atoms with Crippen LogP contribution in [0.3, 0.4) is 0 Å². The quantitative estimate of drug-likeness (QED) is 0.547. The first-order valence-corrected chi connectivity index (χ1v) is 4.71. The predicted molar refractivity (Wildman–Crippen MR) is 48.1 cm³/mol. The first-order valence-electron chi connectivity index (χ1n) is 4.71. The van der Waals surface area contributed by atoms with Gasteiger partial charge < -0.3 is 15.2 Å². The second kappa shape index (κ2) is 5.51. The van der Waals surface area contributed by atoms with Crippen LogP contribution < -0.4 is 5.32 Å². The molecule has 0 heterocycles. The third-order valence-electron chi connectivity index (χ3n) is 2.28. The van der Waals surface area contributed by atoms with E-state index in [1.54, 1.807) is 7.11 Å². The zero-order valence-corrected chi connectivity index (χ0v) is 7.75. The lowest BCUT2D eigenvalue weighted by molar-refractivity contribution is 0.156. The van der Waals surface area contributed by atoms with E-state index in [1.165, 1.54) is 12.8 Å². The fourth-order valence-corrected chi connectivity index (χ4v) is 1.41. The van der Waals surface area contributed by atoms with Crippen molar-refractivity contribution in [2.75, 3.05) is 26.9 Å². The minimum Gasteiger partial charge on any atom is -0.396 e. The summed E-state index contributed by atoms with van der Waals surface area (Å²) in [6.07, 6.45) is 3.51. The topological polar surface area (TPSA) is 41.5 Å². The van der Waals surface area contributed by atoms with E-state index in [9.17, 15) is 0 Å². The Morgan fingerprint density at radius 3 is 2.83 bits per heavy atom. The average Bonchev–Trinajstić information content (AvgIpc) is 2.86. The molecule has 1 rings (SSSR count). The maximum absolute atomic E-state index is 8.59. The van der Waals surface area contributed by atoms with E-state index in [2.05, 4.69) is 5.32 Å². The van der Waals surface area contributed by atoms with Gasteiger partial charge in [-0.15, -0.1) is 0 Å². The molecule has 0 amide bonds. The highest BCUT2D eigenvalue weighted by molar-refractivity contribution is 4.86. The third-order valence-corrected chi connectivity index (χ3v) is 2.28. The maximum Gasteiger partial charge on any atom is 0.0618 e. The summed E-state index contributed by atoms with van der Waals surface area (Å²) in [5.74, 6) is 0.823. The molecule has 2 N–H and O–H groups in total. The van der Waals surface area contributed by atoms with Crippen LogP contribution in [0.5, 0.6) is 0 Å². The van der Waals surface area contributed by atoms with Crippen molar-refractivity contribution < 1.29 is 9.84 Å². The maximum atomic E-state index is 8.59. The summed E-state index contributed by atoms with van der Waals surface area (Å²) in [6.45, 7) is 1.98. The van der Waals surface area contributed by atoms with Gasteiger partial charge in [-0.05, 0) is 31.7 Å². The first kappa shape index (κ1) is 9.96. The molecule has 1 aliphatic rings. The molecule has 1 aliphatic carbocycles. The smallest absolute Gasteiger partial charge is 0.0618 e. The fraction of sp³-hybridized carbons (Fsp3) is 1.00. The van der Waals surface area contributed by atoms with E-state index in [0.717, 1.165) is 25.5 Å². The number of methoxy groups -OCH3 is 1. The number of aliphatic hydroxyl groups is 1. The van der Waals surface area contributed by atoms with Crippen LogP contribution in [0, 0.1) is 5.92 Å². The molecule has 1 unspecified atom stereocenters. The Balaban J connectivity index is 2.05. The molecule has 0 aromatic rings. The van der Waals surface area contributed by atoms with Crippen molar-refractivity contribution in [1.29, 1.82) is 0 Å². The Hall–Kier alpha value is -0.120. The molecule has 0 saturated heterocycles. The number of hydrogen-bond acceptors (Lipinski definition) is 3.